The average molecular weight is 329 g/mol. The van der Waals surface area contributed by atoms with Gasteiger partial charge in [-0.2, -0.15) is 0 Å². The lowest BCUT2D eigenvalue weighted by Gasteiger charge is -2.31. The number of imidazole rings is 1. The zero-order chi connectivity index (χ0) is 16.9. The van der Waals surface area contributed by atoms with E-state index < -0.39 is 0 Å². The molecule has 2 aromatic rings. The van der Waals surface area contributed by atoms with Crippen LogP contribution in [0.5, 0.6) is 5.75 Å². The largest absolute Gasteiger partial charge is 0.496 e. The van der Waals surface area contributed by atoms with Gasteiger partial charge in [-0.3, -0.25) is 0 Å². The fraction of sp³-hybridized carbons (Fsp3) is 0.526. The predicted molar refractivity (Wildman–Crippen MR) is 94.1 cm³/mol. The van der Waals surface area contributed by atoms with E-state index in [4.69, 9.17) is 9.47 Å². The minimum absolute atomic E-state index is 0.237. The quantitative estimate of drug-likeness (QED) is 0.885. The number of methoxy groups -OCH3 is 1. The highest BCUT2D eigenvalue weighted by Crippen LogP contribution is 2.29. The van der Waals surface area contributed by atoms with E-state index in [0.717, 1.165) is 49.7 Å². The smallest absolute Gasteiger partial charge is 0.125 e. The number of aryl methyl sites for hydroxylation is 2. The normalized spacial score (nSPS) is 17.0. The van der Waals surface area contributed by atoms with Crippen molar-refractivity contribution in [2.45, 2.75) is 32.4 Å². The topological polar surface area (TPSA) is 48.3 Å². The Hall–Kier alpha value is -1.85. The van der Waals surface area contributed by atoms with Crippen LogP contribution in [0.15, 0.2) is 30.6 Å². The molecule has 0 spiro atoms. The molecular formula is C19H27N3O2. The van der Waals surface area contributed by atoms with Crippen molar-refractivity contribution in [3.8, 4) is 5.75 Å². The molecule has 0 amide bonds. The lowest BCUT2D eigenvalue weighted by atomic mass is 9.91. The summed E-state index contributed by atoms with van der Waals surface area (Å²) in [6, 6.07) is 6.62. The van der Waals surface area contributed by atoms with Gasteiger partial charge in [0, 0.05) is 39.2 Å². The number of aromatic nitrogens is 2. The van der Waals surface area contributed by atoms with Crippen LogP contribution in [0.25, 0.3) is 0 Å². The van der Waals surface area contributed by atoms with Crippen LogP contribution in [0, 0.1) is 12.8 Å². The fourth-order valence-corrected chi connectivity index (χ4v) is 3.40. The first-order valence-corrected chi connectivity index (χ1v) is 8.61. The van der Waals surface area contributed by atoms with E-state index in [-0.39, 0.29) is 6.04 Å². The van der Waals surface area contributed by atoms with Gasteiger partial charge in [-0.1, -0.05) is 12.1 Å². The van der Waals surface area contributed by atoms with Gasteiger partial charge in [0.25, 0.3) is 0 Å². The van der Waals surface area contributed by atoms with Crippen LogP contribution in [0.4, 0.5) is 0 Å². The van der Waals surface area contributed by atoms with Gasteiger partial charge in [-0.15, -0.1) is 0 Å². The lowest BCUT2D eigenvalue weighted by molar-refractivity contribution is 0.0518. The second kappa shape index (κ2) is 7.81. The van der Waals surface area contributed by atoms with Gasteiger partial charge in [0.05, 0.1) is 13.2 Å². The minimum atomic E-state index is 0.237. The van der Waals surface area contributed by atoms with Gasteiger partial charge >= 0.3 is 0 Å². The Balaban J connectivity index is 1.75. The third-order valence-electron chi connectivity index (χ3n) is 4.87. The molecule has 1 atom stereocenters. The molecule has 1 aliphatic heterocycles. The Morgan fingerprint density at radius 1 is 1.38 bits per heavy atom. The number of benzene rings is 1. The Bertz CT molecular complexity index is 662. The molecule has 1 fully saturated rings. The molecule has 0 unspecified atom stereocenters. The van der Waals surface area contributed by atoms with Crippen molar-refractivity contribution < 1.29 is 9.47 Å². The first-order chi connectivity index (χ1) is 11.7. The molecule has 1 aliphatic rings. The third-order valence-corrected chi connectivity index (χ3v) is 4.87. The molecule has 1 saturated heterocycles. The van der Waals surface area contributed by atoms with Gasteiger partial charge in [0.1, 0.15) is 11.6 Å². The van der Waals surface area contributed by atoms with Crippen molar-refractivity contribution in [3.63, 3.8) is 0 Å². The first-order valence-electron chi connectivity index (χ1n) is 8.61. The van der Waals surface area contributed by atoms with Gasteiger partial charge in [-0.25, -0.2) is 4.98 Å². The van der Waals surface area contributed by atoms with E-state index >= 15 is 0 Å². The average Bonchev–Trinajstić information content (AvgIpc) is 3.03. The summed E-state index contributed by atoms with van der Waals surface area (Å²) in [4.78, 5) is 4.59. The highest BCUT2D eigenvalue weighted by Gasteiger charge is 2.27. The van der Waals surface area contributed by atoms with Crippen LogP contribution in [0.3, 0.4) is 0 Å². The van der Waals surface area contributed by atoms with E-state index in [1.165, 1.54) is 5.56 Å². The summed E-state index contributed by atoms with van der Waals surface area (Å²) in [5.41, 5.74) is 2.38. The van der Waals surface area contributed by atoms with Gasteiger partial charge < -0.3 is 19.4 Å². The van der Waals surface area contributed by atoms with E-state index in [9.17, 15) is 0 Å². The zero-order valence-corrected chi connectivity index (χ0v) is 14.8. The molecule has 0 radical (unpaired) electrons. The second-order valence-electron chi connectivity index (χ2n) is 6.51. The van der Waals surface area contributed by atoms with Crippen molar-refractivity contribution in [2.24, 2.45) is 13.0 Å². The first kappa shape index (κ1) is 17.0. The monoisotopic (exact) mass is 329 g/mol. The number of hydrogen-bond donors (Lipinski definition) is 1. The Kier molecular flexibility index (Phi) is 5.53. The van der Waals surface area contributed by atoms with Crippen molar-refractivity contribution in [1.29, 1.82) is 0 Å². The van der Waals surface area contributed by atoms with Crippen LogP contribution in [-0.2, 0) is 18.3 Å². The molecule has 1 aromatic heterocycles. The summed E-state index contributed by atoms with van der Waals surface area (Å²) in [6.45, 7) is 4.54. The molecule has 5 heteroatoms. The minimum Gasteiger partial charge on any atom is -0.496 e. The SMILES string of the molecule is COc1cc(CN[C@H](c2nccn2C)C2CCOCC2)ccc1C. The predicted octanol–water partition coefficient (Wildman–Crippen LogP) is 2.99. The molecule has 2 heterocycles. The maximum atomic E-state index is 5.53. The van der Waals surface area contributed by atoms with Crippen LogP contribution >= 0.6 is 0 Å². The van der Waals surface area contributed by atoms with E-state index in [1.807, 2.05) is 12.4 Å². The summed E-state index contributed by atoms with van der Waals surface area (Å²) >= 11 is 0. The van der Waals surface area contributed by atoms with Gasteiger partial charge in [-0.05, 0) is 42.9 Å². The Labute approximate surface area is 144 Å². The maximum Gasteiger partial charge on any atom is 0.125 e. The molecule has 0 bridgehead atoms. The third kappa shape index (κ3) is 3.79. The maximum absolute atomic E-state index is 5.53. The summed E-state index contributed by atoms with van der Waals surface area (Å²) in [5, 5.41) is 3.73. The molecule has 0 saturated carbocycles. The Morgan fingerprint density at radius 3 is 2.83 bits per heavy atom. The molecule has 24 heavy (non-hydrogen) atoms. The van der Waals surface area contributed by atoms with E-state index in [1.54, 1.807) is 7.11 Å². The lowest BCUT2D eigenvalue weighted by Crippen LogP contribution is -2.33. The second-order valence-corrected chi connectivity index (χ2v) is 6.51. The number of rotatable bonds is 6. The van der Waals surface area contributed by atoms with Crippen molar-refractivity contribution >= 4 is 0 Å². The van der Waals surface area contributed by atoms with Crippen molar-refractivity contribution in [1.82, 2.24) is 14.9 Å². The molecule has 0 aliphatic carbocycles. The summed E-state index contributed by atoms with van der Waals surface area (Å²) in [6.07, 6.45) is 6.03. The molecule has 1 aromatic carbocycles. The Morgan fingerprint density at radius 2 is 2.17 bits per heavy atom. The summed E-state index contributed by atoms with van der Waals surface area (Å²) in [5.74, 6) is 2.59. The van der Waals surface area contributed by atoms with Crippen LogP contribution in [0.1, 0.15) is 35.8 Å². The number of ether oxygens (including phenoxy) is 2. The van der Waals surface area contributed by atoms with Crippen LogP contribution in [0.2, 0.25) is 0 Å². The molecular weight excluding hydrogens is 302 g/mol. The molecule has 1 N–H and O–H groups in total. The molecule has 130 valence electrons. The van der Waals surface area contributed by atoms with E-state index in [2.05, 4.69) is 47.0 Å². The van der Waals surface area contributed by atoms with Gasteiger partial charge in [0.15, 0.2) is 0 Å². The standard InChI is InChI=1S/C19H27N3O2/c1-14-4-5-15(12-17(14)23-3)13-21-18(16-6-10-24-11-7-16)19-20-8-9-22(19)2/h4-5,8-9,12,16,18,21H,6-7,10-11,13H2,1-3H3/t18-/m0/s1. The van der Waals surface area contributed by atoms with Crippen LogP contribution in [-0.4, -0.2) is 29.9 Å². The number of nitrogens with one attached hydrogen (secondary N) is 1. The van der Waals surface area contributed by atoms with Crippen molar-refractivity contribution in [2.75, 3.05) is 20.3 Å². The van der Waals surface area contributed by atoms with Gasteiger partial charge in [0.2, 0.25) is 0 Å². The fourth-order valence-electron chi connectivity index (χ4n) is 3.40. The molecule has 5 nitrogen and oxygen atoms in total. The van der Waals surface area contributed by atoms with Crippen molar-refractivity contribution in [3.05, 3.63) is 47.5 Å². The number of nitrogens with zero attached hydrogens (tertiary/aromatic N) is 2. The van der Waals surface area contributed by atoms with E-state index in [0.29, 0.717) is 5.92 Å². The zero-order valence-electron chi connectivity index (χ0n) is 14.8. The highest BCUT2D eigenvalue weighted by molar-refractivity contribution is 5.36. The summed E-state index contributed by atoms with van der Waals surface area (Å²) < 4.78 is 13.1. The molecule has 3 rings (SSSR count). The number of hydrogen-bond acceptors (Lipinski definition) is 4. The van der Waals surface area contributed by atoms with Crippen LogP contribution < -0.4 is 10.1 Å². The summed E-state index contributed by atoms with van der Waals surface area (Å²) in [7, 11) is 3.78. The highest BCUT2D eigenvalue weighted by atomic mass is 16.5.